The number of rotatable bonds is 3. The molecular weight excluding hydrogens is 255 g/mol. The third kappa shape index (κ3) is 2.64. The highest BCUT2D eigenvalue weighted by molar-refractivity contribution is 7.89. The van der Waals surface area contributed by atoms with Gasteiger partial charge in [0.15, 0.2) is 0 Å². The van der Waals surface area contributed by atoms with E-state index >= 15 is 0 Å². The van der Waals surface area contributed by atoms with Gasteiger partial charge in [0, 0.05) is 11.2 Å². The van der Waals surface area contributed by atoms with Gasteiger partial charge in [0.25, 0.3) is 0 Å². The molecule has 0 aliphatic heterocycles. The van der Waals surface area contributed by atoms with Crippen molar-refractivity contribution in [3.8, 4) is 0 Å². The Kier molecular flexibility index (Phi) is 3.33. The van der Waals surface area contributed by atoms with Crippen molar-refractivity contribution < 1.29 is 12.8 Å². The van der Waals surface area contributed by atoms with E-state index in [0.717, 1.165) is 37.8 Å². The van der Waals surface area contributed by atoms with Gasteiger partial charge in [-0.3, -0.25) is 0 Å². The second-order valence-electron chi connectivity index (χ2n) is 5.06. The topological polar surface area (TPSA) is 72.2 Å². The normalized spacial score (nSPS) is 19.0. The molecule has 0 bridgehead atoms. The molecule has 1 fully saturated rings. The van der Waals surface area contributed by atoms with Crippen LogP contribution >= 0.6 is 0 Å². The van der Waals surface area contributed by atoms with Crippen LogP contribution in [0.5, 0.6) is 0 Å². The molecule has 0 aromatic heterocycles. The van der Waals surface area contributed by atoms with Gasteiger partial charge in [0.2, 0.25) is 10.0 Å². The van der Waals surface area contributed by atoms with E-state index in [1.165, 1.54) is 6.07 Å². The summed E-state index contributed by atoms with van der Waals surface area (Å²) in [6, 6.07) is 3.56. The zero-order chi connectivity index (χ0) is 13.4. The highest BCUT2D eigenvalue weighted by atomic mass is 32.2. The van der Waals surface area contributed by atoms with Gasteiger partial charge in [-0.1, -0.05) is 12.8 Å². The van der Waals surface area contributed by atoms with E-state index in [2.05, 4.69) is 4.72 Å². The first-order valence-electron chi connectivity index (χ1n) is 5.91. The van der Waals surface area contributed by atoms with Gasteiger partial charge < -0.3 is 5.73 Å². The standard InChI is InChI=1S/C12H17FN2O2S/c1-12(6-2-3-7-12)15-18(16,17)11-8-9(14)4-5-10(11)13/h4-5,8,15H,2-3,6-7,14H2,1H3. The number of halogens is 1. The number of hydrogen-bond donors (Lipinski definition) is 2. The van der Waals surface area contributed by atoms with E-state index in [4.69, 9.17) is 5.73 Å². The summed E-state index contributed by atoms with van der Waals surface area (Å²) in [5.41, 5.74) is 5.26. The van der Waals surface area contributed by atoms with Crippen LogP contribution in [0.25, 0.3) is 0 Å². The third-order valence-corrected chi connectivity index (χ3v) is 4.99. The minimum Gasteiger partial charge on any atom is -0.399 e. The fraction of sp³-hybridized carbons (Fsp3) is 0.500. The van der Waals surface area contributed by atoms with Crippen LogP contribution in [0.15, 0.2) is 23.1 Å². The Morgan fingerprint density at radius 2 is 1.94 bits per heavy atom. The molecule has 0 heterocycles. The van der Waals surface area contributed by atoms with Gasteiger partial charge in [0.1, 0.15) is 10.7 Å². The van der Waals surface area contributed by atoms with Crippen LogP contribution in [0.2, 0.25) is 0 Å². The summed E-state index contributed by atoms with van der Waals surface area (Å²) >= 11 is 0. The first kappa shape index (κ1) is 13.3. The summed E-state index contributed by atoms with van der Waals surface area (Å²) < 4.78 is 40.5. The molecule has 6 heteroatoms. The fourth-order valence-electron chi connectivity index (χ4n) is 2.36. The maximum Gasteiger partial charge on any atom is 0.244 e. The van der Waals surface area contributed by atoms with Crippen molar-refractivity contribution in [2.75, 3.05) is 5.73 Å². The molecule has 0 radical (unpaired) electrons. The molecule has 1 aliphatic carbocycles. The molecule has 1 aromatic rings. The van der Waals surface area contributed by atoms with Crippen molar-refractivity contribution in [1.82, 2.24) is 4.72 Å². The number of sulfonamides is 1. The predicted octanol–water partition coefficient (Wildman–Crippen LogP) is 2.02. The van der Waals surface area contributed by atoms with Gasteiger partial charge in [-0.15, -0.1) is 0 Å². The van der Waals surface area contributed by atoms with Gasteiger partial charge in [0.05, 0.1) is 0 Å². The van der Waals surface area contributed by atoms with Crippen molar-refractivity contribution >= 4 is 15.7 Å². The molecule has 0 atom stereocenters. The first-order chi connectivity index (χ1) is 8.32. The lowest BCUT2D eigenvalue weighted by atomic mass is 10.0. The number of nitrogens with one attached hydrogen (secondary N) is 1. The Labute approximate surface area is 106 Å². The van der Waals surface area contributed by atoms with E-state index in [1.54, 1.807) is 0 Å². The highest BCUT2D eigenvalue weighted by Gasteiger charge is 2.34. The Morgan fingerprint density at radius 3 is 2.56 bits per heavy atom. The Hall–Kier alpha value is -1.14. The van der Waals surface area contributed by atoms with E-state index < -0.39 is 21.4 Å². The summed E-state index contributed by atoms with van der Waals surface area (Å²) in [6.07, 6.45) is 3.52. The van der Waals surface area contributed by atoms with Crippen molar-refractivity contribution in [3.05, 3.63) is 24.0 Å². The van der Waals surface area contributed by atoms with Crippen molar-refractivity contribution in [3.63, 3.8) is 0 Å². The molecule has 0 unspecified atom stereocenters. The second kappa shape index (κ2) is 4.51. The number of benzene rings is 1. The summed E-state index contributed by atoms with van der Waals surface area (Å²) in [7, 11) is -3.86. The Morgan fingerprint density at radius 1 is 1.33 bits per heavy atom. The molecule has 100 valence electrons. The van der Waals surface area contributed by atoms with Crippen LogP contribution in [0.1, 0.15) is 32.6 Å². The smallest absolute Gasteiger partial charge is 0.244 e. The minimum absolute atomic E-state index is 0.230. The largest absolute Gasteiger partial charge is 0.399 e. The van der Waals surface area contributed by atoms with E-state index in [0.29, 0.717) is 0 Å². The maximum absolute atomic E-state index is 13.6. The van der Waals surface area contributed by atoms with Gasteiger partial charge in [-0.05, 0) is 38.0 Å². The number of nitrogen functional groups attached to an aromatic ring is 1. The van der Waals surface area contributed by atoms with Crippen LogP contribution in [0, 0.1) is 5.82 Å². The van der Waals surface area contributed by atoms with Gasteiger partial charge in [-0.25, -0.2) is 17.5 Å². The lowest BCUT2D eigenvalue weighted by Gasteiger charge is -2.25. The van der Waals surface area contributed by atoms with E-state index in [1.807, 2.05) is 6.92 Å². The third-order valence-electron chi connectivity index (χ3n) is 3.33. The minimum atomic E-state index is -3.86. The van der Waals surface area contributed by atoms with Crippen LogP contribution in [-0.4, -0.2) is 14.0 Å². The second-order valence-corrected chi connectivity index (χ2v) is 6.71. The number of hydrogen-bond acceptors (Lipinski definition) is 3. The Balaban J connectivity index is 2.33. The van der Waals surface area contributed by atoms with Crippen molar-refractivity contribution in [1.29, 1.82) is 0 Å². The SMILES string of the molecule is CC1(NS(=O)(=O)c2cc(N)ccc2F)CCCC1. The summed E-state index contributed by atoms with van der Waals surface area (Å²) in [6.45, 7) is 1.85. The van der Waals surface area contributed by atoms with E-state index in [-0.39, 0.29) is 10.6 Å². The summed E-state index contributed by atoms with van der Waals surface area (Å²) in [4.78, 5) is -0.379. The monoisotopic (exact) mass is 272 g/mol. The maximum atomic E-state index is 13.6. The zero-order valence-electron chi connectivity index (χ0n) is 10.2. The molecule has 0 spiro atoms. The molecule has 4 nitrogen and oxygen atoms in total. The van der Waals surface area contributed by atoms with Crippen LogP contribution in [0.3, 0.4) is 0 Å². The average Bonchev–Trinajstić information content (AvgIpc) is 2.67. The molecule has 1 aromatic carbocycles. The molecule has 1 saturated carbocycles. The number of anilines is 1. The Bertz CT molecular complexity index is 551. The van der Waals surface area contributed by atoms with Crippen LogP contribution in [0.4, 0.5) is 10.1 Å². The molecule has 0 saturated heterocycles. The van der Waals surface area contributed by atoms with E-state index in [9.17, 15) is 12.8 Å². The van der Waals surface area contributed by atoms with Crippen molar-refractivity contribution in [2.45, 2.75) is 43.0 Å². The molecule has 1 aliphatic rings. The molecule has 2 rings (SSSR count). The van der Waals surface area contributed by atoms with Crippen molar-refractivity contribution in [2.24, 2.45) is 0 Å². The number of nitrogens with two attached hydrogens (primary N) is 1. The van der Waals surface area contributed by atoms with Gasteiger partial charge >= 0.3 is 0 Å². The lowest BCUT2D eigenvalue weighted by molar-refractivity contribution is 0.425. The first-order valence-corrected chi connectivity index (χ1v) is 7.40. The zero-order valence-corrected chi connectivity index (χ0v) is 11.1. The summed E-state index contributed by atoms with van der Waals surface area (Å²) in [5.74, 6) is -0.779. The average molecular weight is 272 g/mol. The molecule has 18 heavy (non-hydrogen) atoms. The van der Waals surface area contributed by atoms with Gasteiger partial charge in [-0.2, -0.15) is 0 Å². The highest BCUT2D eigenvalue weighted by Crippen LogP contribution is 2.31. The van der Waals surface area contributed by atoms with Crippen LogP contribution in [-0.2, 0) is 10.0 Å². The predicted molar refractivity (Wildman–Crippen MR) is 68.0 cm³/mol. The quantitative estimate of drug-likeness (QED) is 0.827. The summed E-state index contributed by atoms with van der Waals surface area (Å²) in [5, 5.41) is 0. The molecule has 3 N–H and O–H groups in total. The van der Waals surface area contributed by atoms with Crippen LogP contribution < -0.4 is 10.5 Å². The lowest BCUT2D eigenvalue weighted by Crippen LogP contribution is -2.43. The fourth-order valence-corrected chi connectivity index (χ4v) is 3.94. The molecule has 0 amide bonds. The molecular formula is C12H17FN2O2S.